The largest absolute Gasteiger partial charge is 0.291 e. The average molecular weight is 202 g/mol. The van der Waals surface area contributed by atoms with Gasteiger partial charge in [0.15, 0.2) is 0 Å². The van der Waals surface area contributed by atoms with Crippen molar-refractivity contribution in [2.24, 2.45) is 0 Å². The quantitative estimate of drug-likeness (QED) is 0.686. The summed E-state index contributed by atoms with van der Waals surface area (Å²) < 4.78 is 1.02. The van der Waals surface area contributed by atoms with E-state index in [0.717, 1.165) is 15.7 Å². The maximum atomic E-state index is 8.54. The second kappa shape index (κ2) is 3.03. The Bertz CT molecular complexity index is 237. The van der Waals surface area contributed by atoms with E-state index in [1.807, 2.05) is 19.1 Å². The van der Waals surface area contributed by atoms with Crippen LogP contribution in [0.15, 0.2) is 22.7 Å². The summed E-state index contributed by atoms with van der Waals surface area (Å²) >= 11 is 3.32. The fourth-order valence-corrected chi connectivity index (χ4v) is 1.23. The first-order valence-electron chi connectivity index (χ1n) is 2.90. The Hall–Kier alpha value is -0.540. The van der Waals surface area contributed by atoms with Gasteiger partial charge in [-0.25, -0.2) is 0 Å². The Morgan fingerprint density at radius 3 is 2.70 bits per heavy atom. The molecular formula is C7H8BrNO. The van der Waals surface area contributed by atoms with Gasteiger partial charge in [0.05, 0.1) is 5.69 Å². The zero-order valence-electron chi connectivity index (χ0n) is 5.56. The Balaban J connectivity index is 3.07. The first-order chi connectivity index (χ1) is 4.74. The molecule has 0 aliphatic carbocycles. The molecule has 0 atom stereocenters. The molecule has 0 saturated carbocycles. The van der Waals surface area contributed by atoms with Crippen LogP contribution in [0, 0.1) is 6.92 Å². The monoisotopic (exact) mass is 201 g/mol. The molecule has 0 amide bonds. The van der Waals surface area contributed by atoms with Crippen molar-refractivity contribution in [2.75, 3.05) is 5.48 Å². The zero-order chi connectivity index (χ0) is 7.56. The molecule has 0 aliphatic heterocycles. The lowest BCUT2D eigenvalue weighted by molar-refractivity contribution is 0.388. The maximum Gasteiger partial charge on any atom is 0.0632 e. The number of benzene rings is 1. The summed E-state index contributed by atoms with van der Waals surface area (Å²) in [6.45, 7) is 1.92. The van der Waals surface area contributed by atoms with Crippen LogP contribution in [0.4, 0.5) is 5.69 Å². The van der Waals surface area contributed by atoms with E-state index in [2.05, 4.69) is 21.4 Å². The highest BCUT2D eigenvalue weighted by Gasteiger charge is 1.94. The second-order valence-electron chi connectivity index (χ2n) is 2.07. The van der Waals surface area contributed by atoms with Crippen LogP contribution in [-0.4, -0.2) is 5.21 Å². The minimum atomic E-state index is 0.739. The first kappa shape index (κ1) is 7.57. The molecule has 0 unspecified atom stereocenters. The van der Waals surface area contributed by atoms with Crippen LogP contribution in [0.1, 0.15) is 5.56 Å². The molecule has 0 heterocycles. The van der Waals surface area contributed by atoms with Crippen molar-refractivity contribution < 1.29 is 5.21 Å². The van der Waals surface area contributed by atoms with Crippen LogP contribution in [0.25, 0.3) is 0 Å². The Labute approximate surface area is 68.0 Å². The molecule has 0 saturated heterocycles. The molecule has 1 aromatic rings. The highest BCUT2D eigenvalue weighted by atomic mass is 79.9. The lowest BCUT2D eigenvalue weighted by atomic mass is 10.2. The summed E-state index contributed by atoms with van der Waals surface area (Å²) in [5.74, 6) is 0. The lowest BCUT2D eigenvalue weighted by Crippen LogP contribution is -1.91. The highest BCUT2D eigenvalue weighted by molar-refractivity contribution is 9.10. The molecule has 0 radical (unpaired) electrons. The number of halogens is 1. The summed E-state index contributed by atoms with van der Waals surface area (Å²) in [6.07, 6.45) is 0. The molecule has 1 rings (SSSR count). The third-order valence-corrected chi connectivity index (χ3v) is 1.80. The van der Waals surface area contributed by atoms with E-state index in [1.165, 1.54) is 0 Å². The Morgan fingerprint density at radius 2 is 2.20 bits per heavy atom. The third kappa shape index (κ3) is 1.49. The average Bonchev–Trinajstić information content (AvgIpc) is 1.88. The molecule has 1 aromatic carbocycles. The van der Waals surface area contributed by atoms with Crippen LogP contribution in [-0.2, 0) is 0 Å². The van der Waals surface area contributed by atoms with Crippen LogP contribution in [0.5, 0.6) is 0 Å². The second-order valence-corrected chi connectivity index (χ2v) is 2.99. The predicted molar refractivity (Wildman–Crippen MR) is 44.3 cm³/mol. The number of nitrogens with one attached hydrogen (secondary N) is 1. The summed E-state index contributed by atoms with van der Waals surface area (Å²) in [5, 5.41) is 8.54. The molecule has 10 heavy (non-hydrogen) atoms. The summed E-state index contributed by atoms with van der Waals surface area (Å²) in [4.78, 5) is 0. The van der Waals surface area contributed by atoms with Crippen molar-refractivity contribution in [3.8, 4) is 0 Å². The number of hydrogen-bond donors (Lipinski definition) is 2. The summed E-state index contributed by atoms with van der Waals surface area (Å²) in [5.41, 5.74) is 3.85. The molecular weight excluding hydrogens is 194 g/mol. The normalized spacial score (nSPS) is 9.50. The molecule has 2 nitrogen and oxygen atoms in total. The van der Waals surface area contributed by atoms with Crippen molar-refractivity contribution in [3.05, 3.63) is 28.2 Å². The summed E-state index contributed by atoms with van der Waals surface area (Å²) in [6, 6.07) is 5.60. The Morgan fingerprint density at radius 1 is 1.50 bits per heavy atom. The number of hydrogen-bond acceptors (Lipinski definition) is 2. The van der Waals surface area contributed by atoms with Gasteiger partial charge in [0.2, 0.25) is 0 Å². The minimum absolute atomic E-state index is 0.739. The maximum absolute atomic E-state index is 8.54. The van der Waals surface area contributed by atoms with Crippen molar-refractivity contribution in [3.63, 3.8) is 0 Å². The fourth-order valence-electron chi connectivity index (χ4n) is 0.753. The standard InChI is InChI=1S/C7H8BrNO/c1-5-4-6(8)2-3-7(5)9-10/h2-4,9-10H,1H3. The highest BCUT2D eigenvalue weighted by Crippen LogP contribution is 2.18. The zero-order valence-corrected chi connectivity index (χ0v) is 7.14. The van der Waals surface area contributed by atoms with Crippen molar-refractivity contribution in [1.82, 2.24) is 0 Å². The number of rotatable bonds is 1. The van der Waals surface area contributed by atoms with Gasteiger partial charge in [0.25, 0.3) is 0 Å². The molecule has 3 heteroatoms. The van der Waals surface area contributed by atoms with Crippen molar-refractivity contribution in [2.45, 2.75) is 6.92 Å². The smallest absolute Gasteiger partial charge is 0.0632 e. The SMILES string of the molecule is Cc1cc(Br)ccc1NO. The van der Waals surface area contributed by atoms with Gasteiger partial charge in [0.1, 0.15) is 0 Å². The van der Waals surface area contributed by atoms with Crippen LogP contribution >= 0.6 is 15.9 Å². The topological polar surface area (TPSA) is 32.3 Å². The summed E-state index contributed by atoms with van der Waals surface area (Å²) in [7, 11) is 0. The molecule has 0 bridgehead atoms. The molecule has 0 aromatic heterocycles. The Kier molecular flexibility index (Phi) is 2.29. The van der Waals surface area contributed by atoms with E-state index >= 15 is 0 Å². The van der Waals surface area contributed by atoms with Gasteiger partial charge in [-0.05, 0) is 30.7 Å². The van der Waals surface area contributed by atoms with Crippen molar-refractivity contribution >= 4 is 21.6 Å². The lowest BCUT2D eigenvalue weighted by Gasteiger charge is -2.02. The first-order valence-corrected chi connectivity index (χ1v) is 3.69. The van der Waals surface area contributed by atoms with Gasteiger partial charge in [0, 0.05) is 4.47 Å². The van der Waals surface area contributed by atoms with E-state index < -0.39 is 0 Å². The molecule has 0 spiro atoms. The molecule has 54 valence electrons. The van der Waals surface area contributed by atoms with E-state index in [9.17, 15) is 0 Å². The third-order valence-electron chi connectivity index (χ3n) is 1.31. The molecule has 0 aliphatic rings. The van der Waals surface area contributed by atoms with Gasteiger partial charge in [-0.2, -0.15) is 0 Å². The van der Waals surface area contributed by atoms with E-state index in [1.54, 1.807) is 6.07 Å². The van der Waals surface area contributed by atoms with Crippen molar-refractivity contribution in [1.29, 1.82) is 0 Å². The predicted octanol–water partition coefficient (Wildman–Crippen LogP) is 2.56. The van der Waals surface area contributed by atoms with Gasteiger partial charge < -0.3 is 0 Å². The van der Waals surface area contributed by atoms with E-state index in [-0.39, 0.29) is 0 Å². The van der Waals surface area contributed by atoms with Gasteiger partial charge >= 0.3 is 0 Å². The van der Waals surface area contributed by atoms with E-state index in [4.69, 9.17) is 5.21 Å². The number of aryl methyl sites for hydroxylation is 1. The van der Waals surface area contributed by atoms with Crippen LogP contribution in [0.2, 0.25) is 0 Å². The van der Waals surface area contributed by atoms with Gasteiger partial charge in [-0.1, -0.05) is 15.9 Å². The minimum Gasteiger partial charge on any atom is -0.291 e. The molecule has 0 fully saturated rings. The van der Waals surface area contributed by atoms with Gasteiger partial charge in [-0.3, -0.25) is 10.7 Å². The van der Waals surface area contributed by atoms with Crippen LogP contribution < -0.4 is 5.48 Å². The van der Waals surface area contributed by atoms with Gasteiger partial charge in [-0.15, -0.1) is 0 Å². The fraction of sp³-hybridized carbons (Fsp3) is 0.143. The number of anilines is 1. The van der Waals surface area contributed by atoms with E-state index in [0.29, 0.717) is 0 Å². The van der Waals surface area contributed by atoms with Crippen LogP contribution in [0.3, 0.4) is 0 Å². The molecule has 2 N–H and O–H groups in total.